The van der Waals surface area contributed by atoms with Gasteiger partial charge in [0.2, 0.25) is 0 Å². The number of carbonyl (C=O) groups is 1. The summed E-state index contributed by atoms with van der Waals surface area (Å²) in [5, 5.41) is 6.81. The van der Waals surface area contributed by atoms with Crippen molar-refractivity contribution in [1.82, 2.24) is 5.32 Å². The molecule has 0 bridgehead atoms. The van der Waals surface area contributed by atoms with Gasteiger partial charge in [-0.2, -0.15) is 0 Å². The first-order chi connectivity index (χ1) is 16.3. The molecule has 2 nitrogen and oxygen atoms in total. The first-order valence-electron chi connectivity index (χ1n) is 13.2. The van der Waals surface area contributed by atoms with E-state index in [2.05, 4.69) is 82.3 Å². The second-order valence-corrected chi connectivity index (χ2v) is 12.4. The Hall–Kier alpha value is -1.52. The zero-order chi connectivity index (χ0) is 24.7. The van der Waals surface area contributed by atoms with E-state index >= 15 is 0 Å². The van der Waals surface area contributed by atoms with Crippen LogP contribution in [0.25, 0.3) is 15.0 Å². The predicted octanol–water partition coefficient (Wildman–Crippen LogP) is 9.67. The number of unbranched alkanes of at least 4 members (excludes halogenated alkanes) is 1. The molecule has 1 aromatic carbocycles. The van der Waals surface area contributed by atoms with E-state index in [0.717, 1.165) is 31.9 Å². The molecule has 3 atom stereocenters. The van der Waals surface area contributed by atoms with Crippen molar-refractivity contribution >= 4 is 44.0 Å². The summed E-state index contributed by atoms with van der Waals surface area (Å²) < 4.78 is 1.16. The van der Waals surface area contributed by atoms with Crippen LogP contribution in [0.15, 0.2) is 42.3 Å². The maximum Gasteiger partial charge on any atom is 0.261 e. The quantitative estimate of drug-likeness (QED) is 0.281. The van der Waals surface area contributed by atoms with E-state index in [1.165, 1.54) is 44.9 Å². The molecule has 0 aliphatic heterocycles. The molecule has 0 spiro atoms. The lowest BCUT2D eigenvalue weighted by Gasteiger charge is -2.33. The molecule has 1 saturated carbocycles. The zero-order valence-corrected chi connectivity index (χ0v) is 23.4. The fourth-order valence-corrected chi connectivity index (χ4v) is 6.72. The normalized spacial score (nSPS) is 17.6. The molecule has 1 aliphatic rings. The third kappa shape index (κ3) is 6.79. The largest absolute Gasteiger partial charge is 0.348 e. The summed E-state index contributed by atoms with van der Waals surface area (Å²) in [7, 11) is 0. The monoisotopic (exact) mass is 497 g/mol. The van der Waals surface area contributed by atoms with Crippen LogP contribution in [-0.2, 0) is 0 Å². The maximum absolute atomic E-state index is 13.5. The fraction of sp³-hybridized carbons (Fsp3) is 0.567. The summed E-state index contributed by atoms with van der Waals surface area (Å²) in [5.74, 6) is 1.24. The highest BCUT2D eigenvalue weighted by Crippen LogP contribution is 2.51. The number of carbonyl (C=O) groups excluding carboxylic acids is 1. The van der Waals surface area contributed by atoms with Crippen LogP contribution in [0, 0.1) is 17.3 Å². The Balaban J connectivity index is 1.80. The first-order valence-corrected chi connectivity index (χ1v) is 14.9. The van der Waals surface area contributed by atoms with Crippen LogP contribution in [0.3, 0.4) is 0 Å². The zero-order valence-electron chi connectivity index (χ0n) is 21.8. The second-order valence-electron chi connectivity index (χ2n) is 10.4. The maximum atomic E-state index is 13.5. The molecule has 1 heterocycles. The minimum Gasteiger partial charge on any atom is -0.348 e. The Morgan fingerprint density at radius 3 is 2.65 bits per heavy atom. The summed E-state index contributed by atoms with van der Waals surface area (Å²) in [6, 6.07) is 8.65. The molecule has 0 radical (unpaired) electrons. The van der Waals surface area contributed by atoms with Gasteiger partial charge >= 0.3 is 0 Å². The van der Waals surface area contributed by atoms with Gasteiger partial charge in [-0.3, -0.25) is 4.79 Å². The van der Waals surface area contributed by atoms with Crippen molar-refractivity contribution in [1.29, 1.82) is 0 Å². The van der Waals surface area contributed by atoms with Crippen LogP contribution in [0.2, 0.25) is 0 Å². The van der Waals surface area contributed by atoms with Crippen molar-refractivity contribution in [2.45, 2.75) is 92.0 Å². The Labute approximate surface area is 215 Å². The van der Waals surface area contributed by atoms with Gasteiger partial charge in [0.25, 0.3) is 5.91 Å². The van der Waals surface area contributed by atoms with Gasteiger partial charge in [0.1, 0.15) is 0 Å². The molecule has 1 fully saturated rings. The molecule has 4 heteroatoms. The number of rotatable bonds is 14. The highest BCUT2D eigenvalue weighted by atomic mass is 32.2. The van der Waals surface area contributed by atoms with Crippen molar-refractivity contribution in [2.24, 2.45) is 17.3 Å². The number of allylic oxidation sites excluding steroid dienone is 1. The highest BCUT2D eigenvalue weighted by molar-refractivity contribution is 8.10. The van der Waals surface area contributed by atoms with Crippen LogP contribution in [-0.4, -0.2) is 11.9 Å². The van der Waals surface area contributed by atoms with Crippen LogP contribution >= 0.6 is 23.1 Å². The molecule has 1 amide bonds. The average Bonchev–Trinajstić information content (AvgIpc) is 3.41. The van der Waals surface area contributed by atoms with Crippen molar-refractivity contribution in [3.63, 3.8) is 0 Å². The molecule has 34 heavy (non-hydrogen) atoms. The van der Waals surface area contributed by atoms with Crippen molar-refractivity contribution in [2.75, 3.05) is 0 Å². The molecular formula is C30H43NOS2. The fourth-order valence-electron chi connectivity index (χ4n) is 4.75. The lowest BCUT2D eigenvalue weighted by atomic mass is 9.81. The third-order valence-electron chi connectivity index (χ3n) is 7.47. The second kappa shape index (κ2) is 12.4. The molecule has 3 unspecified atom stereocenters. The Morgan fingerprint density at radius 2 is 2.00 bits per heavy atom. The number of hydrogen-bond donors (Lipinski definition) is 1. The Bertz CT molecular complexity index is 1000. The SMILES string of the molecule is C=C(S/C=C\C(C)CC)c1cccc2cc(C(=O)NC(C(CCC)CCCC)C3(C)CC3)sc12. The number of hydrogen-bond acceptors (Lipinski definition) is 3. The first kappa shape index (κ1) is 27.1. The number of fused-ring (bicyclic) bond motifs is 1. The van der Waals surface area contributed by atoms with E-state index in [4.69, 9.17) is 0 Å². The summed E-state index contributed by atoms with van der Waals surface area (Å²) in [6.07, 6.45) is 11.9. The van der Waals surface area contributed by atoms with Gasteiger partial charge in [0.05, 0.1) is 4.88 Å². The van der Waals surface area contributed by atoms with Gasteiger partial charge in [-0.1, -0.05) is 103 Å². The van der Waals surface area contributed by atoms with Gasteiger partial charge in [0, 0.05) is 21.2 Å². The van der Waals surface area contributed by atoms with E-state index in [9.17, 15) is 4.79 Å². The Kier molecular flexibility index (Phi) is 9.91. The van der Waals surface area contributed by atoms with Crippen molar-refractivity contribution in [3.05, 3.63) is 52.8 Å². The summed E-state index contributed by atoms with van der Waals surface area (Å²) in [4.78, 5) is 15.4. The molecule has 1 N–H and O–H groups in total. The summed E-state index contributed by atoms with van der Waals surface area (Å²) in [6.45, 7) is 15.7. The van der Waals surface area contributed by atoms with Gasteiger partial charge in [-0.25, -0.2) is 0 Å². The summed E-state index contributed by atoms with van der Waals surface area (Å²) in [5.41, 5.74) is 1.40. The number of benzene rings is 1. The van der Waals surface area contributed by atoms with E-state index in [1.807, 2.05) is 0 Å². The van der Waals surface area contributed by atoms with Gasteiger partial charge in [-0.05, 0) is 59.8 Å². The molecule has 186 valence electrons. The Morgan fingerprint density at radius 1 is 1.24 bits per heavy atom. The molecule has 3 rings (SSSR count). The van der Waals surface area contributed by atoms with Crippen LogP contribution in [0.4, 0.5) is 0 Å². The van der Waals surface area contributed by atoms with Crippen LogP contribution < -0.4 is 5.32 Å². The van der Waals surface area contributed by atoms with Gasteiger partial charge in [0.15, 0.2) is 0 Å². The summed E-state index contributed by atoms with van der Waals surface area (Å²) >= 11 is 3.29. The lowest BCUT2D eigenvalue weighted by Crippen LogP contribution is -2.45. The minimum atomic E-state index is 0.0952. The predicted molar refractivity (Wildman–Crippen MR) is 154 cm³/mol. The highest BCUT2D eigenvalue weighted by Gasteiger charge is 2.48. The standard InChI is InChI=1S/C30H43NOS2/c1-7-10-13-23(12-8-2)28(30(6)17-18-30)31-29(32)26-20-24-14-11-15-25(27(24)34-26)22(5)33-19-16-21(4)9-3/h11,14-16,19-21,23,28H,5,7-10,12-13,17-18H2,1-4,6H3,(H,31,32)/b19-16-. The molecular weight excluding hydrogens is 454 g/mol. The van der Waals surface area contributed by atoms with E-state index < -0.39 is 0 Å². The van der Waals surface area contributed by atoms with Crippen molar-refractivity contribution < 1.29 is 4.79 Å². The smallest absolute Gasteiger partial charge is 0.261 e. The number of thiophene rings is 1. The lowest BCUT2D eigenvalue weighted by molar-refractivity contribution is 0.0888. The van der Waals surface area contributed by atoms with E-state index in [-0.39, 0.29) is 17.4 Å². The van der Waals surface area contributed by atoms with E-state index in [0.29, 0.717) is 11.8 Å². The third-order valence-corrected chi connectivity index (χ3v) is 9.45. The number of nitrogens with one attached hydrogen (secondary N) is 1. The average molecular weight is 498 g/mol. The van der Waals surface area contributed by atoms with Crippen LogP contribution in [0.1, 0.15) is 101 Å². The van der Waals surface area contributed by atoms with Gasteiger partial charge < -0.3 is 5.32 Å². The topological polar surface area (TPSA) is 29.1 Å². The number of amides is 1. The van der Waals surface area contributed by atoms with Crippen LogP contribution in [0.5, 0.6) is 0 Å². The molecule has 1 aliphatic carbocycles. The minimum absolute atomic E-state index is 0.0952. The van der Waals surface area contributed by atoms with Gasteiger partial charge in [-0.15, -0.1) is 11.3 Å². The molecule has 0 saturated heterocycles. The molecule has 2 aromatic rings. The van der Waals surface area contributed by atoms with Crippen molar-refractivity contribution in [3.8, 4) is 0 Å². The van der Waals surface area contributed by atoms with E-state index in [1.54, 1.807) is 23.1 Å². The number of thioether (sulfide) groups is 1. The molecule has 1 aromatic heterocycles.